The molecule has 1 aliphatic rings. The van der Waals surface area contributed by atoms with Crippen LogP contribution in [0.25, 0.3) is 0 Å². The Bertz CT molecular complexity index is 796. The van der Waals surface area contributed by atoms with Crippen molar-refractivity contribution in [3.05, 3.63) is 43.8 Å². The normalized spacial score (nSPS) is 15.4. The zero-order chi connectivity index (χ0) is 19.2. The van der Waals surface area contributed by atoms with Crippen molar-refractivity contribution < 1.29 is 4.79 Å². The van der Waals surface area contributed by atoms with Crippen molar-refractivity contribution in [2.45, 2.75) is 45.7 Å². The molecule has 0 aromatic carbocycles. The SMILES string of the molecule is CN=C(NCCC(=O)N1CCc2sccc2C1)NC(C)Cc1ccc(C)s1. The summed E-state index contributed by atoms with van der Waals surface area (Å²) in [5, 5.41) is 8.80. The summed E-state index contributed by atoms with van der Waals surface area (Å²) in [6.45, 7) is 6.46. The summed E-state index contributed by atoms with van der Waals surface area (Å²) in [7, 11) is 1.77. The van der Waals surface area contributed by atoms with Crippen LogP contribution in [0.3, 0.4) is 0 Å². The summed E-state index contributed by atoms with van der Waals surface area (Å²) in [4.78, 5) is 22.9. The van der Waals surface area contributed by atoms with Crippen LogP contribution in [0.4, 0.5) is 0 Å². The summed E-state index contributed by atoms with van der Waals surface area (Å²) in [6.07, 6.45) is 2.43. The number of carbonyl (C=O) groups is 1. The standard InChI is InChI=1S/C20H28N4OS2/c1-14(12-17-5-4-15(2)27-17)23-20(21-3)22-9-6-19(25)24-10-7-18-16(13-24)8-11-26-18/h4-5,8,11,14H,6-7,9-10,12-13H2,1-3H3,(H2,21,22,23). The lowest BCUT2D eigenvalue weighted by molar-refractivity contribution is -0.131. The molecule has 2 N–H and O–H groups in total. The number of aliphatic imine (C=N–C) groups is 1. The number of hydrogen-bond acceptors (Lipinski definition) is 4. The van der Waals surface area contributed by atoms with Crippen molar-refractivity contribution >= 4 is 34.5 Å². The summed E-state index contributed by atoms with van der Waals surface area (Å²) in [5.41, 5.74) is 1.31. The lowest BCUT2D eigenvalue weighted by Gasteiger charge is -2.27. The highest BCUT2D eigenvalue weighted by Crippen LogP contribution is 2.24. The van der Waals surface area contributed by atoms with Crippen LogP contribution < -0.4 is 10.6 Å². The highest BCUT2D eigenvalue weighted by atomic mass is 32.1. The fourth-order valence-corrected chi connectivity index (χ4v) is 5.19. The molecule has 3 rings (SSSR count). The van der Waals surface area contributed by atoms with Gasteiger partial charge >= 0.3 is 0 Å². The maximum Gasteiger partial charge on any atom is 0.224 e. The first-order chi connectivity index (χ1) is 13.0. The maximum absolute atomic E-state index is 12.5. The molecule has 0 fully saturated rings. The molecule has 146 valence electrons. The van der Waals surface area contributed by atoms with E-state index in [9.17, 15) is 4.79 Å². The molecule has 1 atom stereocenters. The number of guanidine groups is 1. The molecule has 1 unspecified atom stereocenters. The molecule has 2 aromatic rings. The van der Waals surface area contributed by atoms with E-state index < -0.39 is 0 Å². The van der Waals surface area contributed by atoms with Crippen molar-refractivity contribution in [3.8, 4) is 0 Å². The van der Waals surface area contributed by atoms with Gasteiger partial charge in [0.2, 0.25) is 5.91 Å². The van der Waals surface area contributed by atoms with Crippen molar-refractivity contribution in [1.29, 1.82) is 0 Å². The Labute approximate surface area is 169 Å². The number of rotatable bonds is 6. The minimum absolute atomic E-state index is 0.205. The predicted molar refractivity (Wildman–Crippen MR) is 115 cm³/mol. The number of aryl methyl sites for hydroxylation is 1. The van der Waals surface area contributed by atoms with E-state index in [-0.39, 0.29) is 11.9 Å². The van der Waals surface area contributed by atoms with E-state index >= 15 is 0 Å². The van der Waals surface area contributed by atoms with E-state index in [1.54, 1.807) is 18.4 Å². The van der Waals surface area contributed by atoms with Crippen molar-refractivity contribution in [1.82, 2.24) is 15.5 Å². The molecule has 2 aromatic heterocycles. The second-order valence-electron chi connectivity index (χ2n) is 6.95. The van der Waals surface area contributed by atoms with Gasteiger partial charge in [0.15, 0.2) is 5.96 Å². The topological polar surface area (TPSA) is 56.7 Å². The van der Waals surface area contributed by atoms with Crippen LogP contribution in [-0.4, -0.2) is 42.9 Å². The van der Waals surface area contributed by atoms with Gasteiger partial charge in [-0.3, -0.25) is 9.79 Å². The number of carbonyl (C=O) groups excluding carboxylic acids is 1. The Morgan fingerprint density at radius 2 is 2.22 bits per heavy atom. The Balaban J connectivity index is 1.40. The monoisotopic (exact) mass is 404 g/mol. The lowest BCUT2D eigenvalue weighted by atomic mass is 10.1. The van der Waals surface area contributed by atoms with E-state index in [1.807, 2.05) is 16.2 Å². The lowest BCUT2D eigenvalue weighted by Crippen LogP contribution is -2.44. The average Bonchev–Trinajstić information content (AvgIpc) is 3.28. The molecule has 1 aliphatic heterocycles. The van der Waals surface area contributed by atoms with Gasteiger partial charge in [0.1, 0.15) is 0 Å². The molecule has 7 heteroatoms. The largest absolute Gasteiger partial charge is 0.356 e. The summed E-state index contributed by atoms with van der Waals surface area (Å²) in [5.74, 6) is 0.958. The molecule has 0 saturated heterocycles. The van der Waals surface area contributed by atoms with Gasteiger partial charge in [-0.15, -0.1) is 22.7 Å². The third-order valence-corrected chi connectivity index (χ3v) is 6.75. The molecule has 0 radical (unpaired) electrons. The van der Waals surface area contributed by atoms with E-state index in [0.717, 1.165) is 31.9 Å². The molecule has 0 aliphatic carbocycles. The van der Waals surface area contributed by atoms with Crippen LogP contribution in [0.1, 0.15) is 33.5 Å². The molecule has 0 saturated carbocycles. The molecule has 27 heavy (non-hydrogen) atoms. The van der Waals surface area contributed by atoms with Crippen LogP contribution in [0.15, 0.2) is 28.6 Å². The number of nitrogens with one attached hydrogen (secondary N) is 2. The summed E-state index contributed by atoms with van der Waals surface area (Å²) in [6, 6.07) is 6.76. The Morgan fingerprint density at radius 3 is 2.96 bits per heavy atom. The third kappa shape index (κ3) is 5.56. The molecule has 3 heterocycles. The van der Waals surface area contributed by atoms with Crippen LogP contribution in [-0.2, 0) is 24.2 Å². The van der Waals surface area contributed by atoms with Gasteiger partial charge in [-0.05, 0) is 49.4 Å². The van der Waals surface area contributed by atoms with Crippen molar-refractivity contribution in [2.24, 2.45) is 4.99 Å². The third-order valence-electron chi connectivity index (χ3n) is 4.70. The predicted octanol–water partition coefficient (Wildman–Crippen LogP) is 3.19. The quantitative estimate of drug-likeness (QED) is 0.574. The van der Waals surface area contributed by atoms with E-state index in [0.29, 0.717) is 13.0 Å². The summed E-state index contributed by atoms with van der Waals surface area (Å²) >= 11 is 3.63. The Morgan fingerprint density at radius 1 is 1.37 bits per heavy atom. The molecule has 0 bridgehead atoms. The summed E-state index contributed by atoms with van der Waals surface area (Å²) < 4.78 is 0. The van der Waals surface area contributed by atoms with Gasteiger partial charge in [-0.1, -0.05) is 0 Å². The zero-order valence-electron chi connectivity index (χ0n) is 16.2. The van der Waals surface area contributed by atoms with E-state index in [2.05, 4.69) is 53.1 Å². The number of nitrogens with zero attached hydrogens (tertiary/aromatic N) is 2. The smallest absolute Gasteiger partial charge is 0.224 e. The fourth-order valence-electron chi connectivity index (χ4n) is 3.28. The van der Waals surface area contributed by atoms with Gasteiger partial charge in [0.05, 0.1) is 0 Å². The first kappa shape index (κ1) is 19.9. The number of thiophene rings is 2. The second kappa shape index (κ2) is 9.37. The molecule has 1 amide bonds. The Kier molecular flexibility index (Phi) is 6.90. The fraction of sp³-hybridized carbons (Fsp3) is 0.500. The highest BCUT2D eigenvalue weighted by molar-refractivity contribution is 7.11. The second-order valence-corrected chi connectivity index (χ2v) is 9.32. The highest BCUT2D eigenvalue weighted by Gasteiger charge is 2.21. The Hall–Kier alpha value is -1.86. The number of hydrogen-bond donors (Lipinski definition) is 2. The van der Waals surface area contributed by atoms with Gasteiger partial charge < -0.3 is 15.5 Å². The van der Waals surface area contributed by atoms with Gasteiger partial charge in [0, 0.05) is 60.2 Å². The van der Waals surface area contributed by atoms with Crippen LogP contribution in [0, 0.1) is 6.92 Å². The molecular weight excluding hydrogens is 376 g/mol. The van der Waals surface area contributed by atoms with Crippen LogP contribution >= 0.6 is 22.7 Å². The molecule has 0 spiro atoms. The zero-order valence-corrected chi connectivity index (χ0v) is 17.9. The molecule has 5 nitrogen and oxygen atoms in total. The van der Waals surface area contributed by atoms with E-state index in [4.69, 9.17) is 0 Å². The maximum atomic E-state index is 12.5. The van der Waals surface area contributed by atoms with Gasteiger partial charge in [-0.25, -0.2) is 0 Å². The first-order valence-corrected chi connectivity index (χ1v) is 11.1. The van der Waals surface area contributed by atoms with E-state index in [1.165, 1.54) is 20.2 Å². The first-order valence-electron chi connectivity index (χ1n) is 9.40. The van der Waals surface area contributed by atoms with Crippen molar-refractivity contribution in [3.63, 3.8) is 0 Å². The van der Waals surface area contributed by atoms with Crippen LogP contribution in [0.5, 0.6) is 0 Å². The van der Waals surface area contributed by atoms with Gasteiger partial charge in [0.25, 0.3) is 0 Å². The minimum atomic E-state index is 0.205. The molecular formula is C20H28N4OS2. The number of fused-ring (bicyclic) bond motifs is 1. The number of amides is 1. The van der Waals surface area contributed by atoms with Crippen molar-refractivity contribution in [2.75, 3.05) is 20.1 Å². The van der Waals surface area contributed by atoms with Gasteiger partial charge in [-0.2, -0.15) is 0 Å². The minimum Gasteiger partial charge on any atom is -0.356 e. The average molecular weight is 405 g/mol. The van der Waals surface area contributed by atoms with Crippen LogP contribution in [0.2, 0.25) is 0 Å².